The fourth-order valence-electron chi connectivity index (χ4n) is 5.09. The van der Waals surface area contributed by atoms with Gasteiger partial charge in [-0.15, -0.1) is 11.3 Å². The Bertz CT molecular complexity index is 1490. The first-order valence-electron chi connectivity index (χ1n) is 13.1. The van der Waals surface area contributed by atoms with E-state index in [1.54, 1.807) is 0 Å². The van der Waals surface area contributed by atoms with E-state index < -0.39 is 0 Å². The number of carbonyl (C=O) groups excluding carboxylic acids is 2. The lowest BCUT2D eigenvalue weighted by Gasteiger charge is -2.13. The topological polar surface area (TPSA) is 68.3 Å². The van der Waals surface area contributed by atoms with Crippen molar-refractivity contribution in [2.75, 3.05) is 11.9 Å². The molecule has 0 saturated carbocycles. The van der Waals surface area contributed by atoms with Crippen molar-refractivity contribution >= 4 is 39.1 Å². The lowest BCUT2D eigenvalue weighted by Crippen LogP contribution is -2.16. The SMILES string of the molecule is CCCOC(=O)c1c(NC(=O)c2cc(-c3ccc(C)cc3C)nc3ccccc23)sc2c1CCCCC2. The average molecular weight is 513 g/mol. The molecular weight excluding hydrogens is 480 g/mol. The highest BCUT2D eigenvalue weighted by Crippen LogP contribution is 2.39. The summed E-state index contributed by atoms with van der Waals surface area (Å²) in [6, 6.07) is 15.8. The van der Waals surface area contributed by atoms with Crippen LogP contribution in [-0.4, -0.2) is 23.5 Å². The summed E-state index contributed by atoms with van der Waals surface area (Å²) < 4.78 is 5.55. The van der Waals surface area contributed by atoms with Gasteiger partial charge in [-0.25, -0.2) is 9.78 Å². The number of nitrogens with one attached hydrogen (secondary N) is 1. The molecule has 0 radical (unpaired) electrons. The largest absolute Gasteiger partial charge is 0.462 e. The number of esters is 1. The average Bonchev–Trinajstić information content (AvgIpc) is 3.06. The number of carbonyl (C=O) groups is 2. The predicted octanol–water partition coefficient (Wildman–Crippen LogP) is 7.67. The molecule has 190 valence electrons. The number of fused-ring (bicyclic) bond motifs is 2. The maximum atomic E-state index is 13.8. The molecule has 2 aromatic heterocycles. The number of amides is 1. The monoisotopic (exact) mass is 512 g/mol. The number of anilines is 1. The zero-order valence-corrected chi connectivity index (χ0v) is 22.5. The van der Waals surface area contributed by atoms with Crippen molar-refractivity contribution in [2.45, 2.75) is 59.3 Å². The number of nitrogens with zero attached hydrogens (tertiary/aromatic N) is 1. The van der Waals surface area contributed by atoms with Crippen LogP contribution in [0.4, 0.5) is 5.00 Å². The van der Waals surface area contributed by atoms with Crippen LogP contribution in [0.15, 0.2) is 48.5 Å². The van der Waals surface area contributed by atoms with Gasteiger partial charge in [0.05, 0.1) is 28.9 Å². The summed E-state index contributed by atoms with van der Waals surface area (Å²) in [5.41, 5.74) is 6.93. The third kappa shape index (κ3) is 5.16. The molecule has 6 heteroatoms. The third-order valence-corrected chi connectivity index (χ3v) is 8.12. The van der Waals surface area contributed by atoms with Crippen molar-refractivity contribution < 1.29 is 14.3 Å². The second kappa shape index (κ2) is 10.9. The Morgan fingerprint density at radius 1 is 1.03 bits per heavy atom. The number of para-hydroxylation sites is 1. The highest BCUT2D eigenvalue weighted by Gasteiger charge is 2.27. The van der Waals surface area contributed by atoms with Crippen LogP contribution in [0.5, 0.6) is 0 Å². The van der Waals surface area contributed by atoms with Crippen LogP contribution < -0.4 is 5.32 Å². The van der Waals surface area contributed by atoms with Gasteiger partial charge in [0.15, 0.2) is 0 Å². The molecule has 0 spiro atoms. The van der Waals surface area contributed by atoms with E-state index in [9.17, 15) is 9.59 Å². The van der Waals surface area contributed by atoms with Gasteiger partial charge in [-0.05, 0) is 69.2 Å². The molecule has 2 aromatic carbocycles. The molecule has 5 rings (SSSR count). The zero-order valence-electron chi connectivity index (χ0n) is 21.6. The van der Waals surface area contributed by atoms with Crippen LogP contribution in [0, 0.1) is 13.8 Å². The molecule has 5 nitrogen and oxygen atoms in total. The molecule has 1 aliphatic rings. The second-order valence-corrected chi connectivity index (χ2v) is 10.9. The number of benzene rings is 2. The minimum atomic E-state index is -0.341. The van der Waals surface area contributed by atoms with Crippen molar-refractivity contribution in [3.8, 4) is 11.3 Å². The summed E-state index contributed by atoms with van der Waals surface area (Å²) in [5.74, 6) is -0.585. The van der Waals surface area contributed by atoms with Crippen LogP contribution in [0.3, 0.4) is 0 Å². The van der Waals surface area contributed by atoms with Gasteiger partial charge >= 0.3 is 5.97 Å². The lowest BCUT2D eigenvalue weighted by atomic mass is 9.99. The Morgan fingerprint density at radius 3 is 2.65 bits per heavy atom. The van der Waals surface area contributed by atoms with E-state index >= 15 is 0 Å². The fourth-order valence-corrected chi connectivity index (χ4v) is 6.36. The van der Waals surface area contributed by atoms with Gasteiger partial charge in [-0.3, -0.25) is 4.79 Å². The summed E-state index contributed by atoms with van der Waals surface area (Å²) >= 11 is 1.52. The van der Waals surface area contributed by atoms with Crippen molar-refractivity contribution in [2.24, 2.45) is 0 Å². The number of hydrogen-bond acceptors (Lipinski definition) is 5. The molecule has 0 atom stereocenters. The molecule has 0 aliphatic heterocycles. The first-order chi connectivity index (χ1) is 18.0. The van der Waals surface area contributed by atoms with Crippen molar-refractivity contribution in [1.82, 2.24) is 4.98 Å². The van der Waals surface area contributed by atoms with E-state index in [2.05, 4.69) is 37.4 Å². The molecule has 0 saturated heterocycles. The number of hydrogen-bond donors (Lipinski definition) is 1. The summed E-state index contributed by atoms with van der Waals surface area (Å²) in [6.07, 6.45) is 5.81. The summed E-state index contributed by atoms with van der Waals surface area (Å²) in [5, 5.41) is 4.48. The molecule has 1 N–H and O–H groups in total. The van der Waals surface area contributed by atoms with Gasteiger partial charge in [0.2, 0.25) is 0 Å². The van der Waals surface area contributed by atoms with E-state index in [0.717, 1.165) is 71.8 Å². The maximum absolute atomic E-state index is 13.8. The Morgan fingerprint density at radius 2 is 1.84 bits per heavy atom. The minimum Gasteiger partial charge on any atom is -0.462 e. The van der Waals surface area contributed by atoms with Gasteiger partial charge in [-0.1, -0.05) is 55.3 Å². The first-order valence-corrected chi connectivity index (χ1v) is 13.9. The zero-order chi connectivity index (χ0) is 25.9. The number of pyridine rings is 1. The van der Waals surface area contributed by atoms with E-state index in [0.29, 0.717) is 22.7 Å². The van der Waals surface area contributed by atoms with E-state index in [-0.39, 0.29) is 11.9 Å². The fraction of sp³-hybridized carbons (Fsp3) is 0.323. The number of thiophene rings is 1. The molecule has 37 heavy (non-hydrogen) atoms. The van der Waals surface area contributed by atoms with Gasteiger partial charge < -0.3 is 10.1 Å². The number of aromatic nitrogens is 1. The van der Waals surface area contributed by atoms with Crippen molar-refractivity contribution in [1.29, 1.82) is 0 Å². The Balaban J connectivity index is 1.57. The minimum absolute atomic E-state index is 0.245. The van der Waals surface area contributed by atoms with Crippen molar-refractivity contribution in [3.63, 3.8) is 0 Å². The smallest absolute Gasteiger partial charge is 0.341 e. The van der Waals surface area contributed by atoms with Crippen LogP contribution in [0.1, 0.15) is 74.9 Å². The molecule has 1 aliphatic carbocycles. The molecule has 1 amide bonds. The molecule has 2 heterocycles. The van der Waals surface area contributed by atoms with E-state index in [4.69, 9.17) is 9.72 Å². The Kier molecular flexibility index (Phi) is 7.38. The van der Waals surface area contributed by atoms with Gasteiger partial charge in [-0.2, -0.15) is 0 Å². The standard InChI is InChI=1S/C31H32N2O3S/c1-4-16-36-31(35)28-23-11-6-5-7-13-27(23)37-30(28)33-29(34)24-18-26(21-15-14-19(2)17-20(21)3)32-25-12-9-8-10-22(24)25/h8-10,12,14-15,17-18H,4-7,11,13,16H2,1-3H3,(H,33,34). The van der Waals surface area contributed by atoms with E-state index in [1.165, 1.54) is 21.8 Å². The molecular formula is C31H32N2O3S. The predicted molar refractivity (Wildman–Crippen MR) is 151 cm³/mol. The van der Waals surface area contributed by atoms with Crippen LogP contribution in [0.25, 0.3) is 22.2 Å². The van der Waals surface area contributed by atoms with Gasteiger partial charge in [0.1, 0.15) is 5.00 Å². The molecule has 0 unspecified atom stereocenters. The summed E-state index contributed by atoms with van der Waals surface area (Å²) in [6.45, 7) is 6.47. The number of aryl methyl sites for hydroxylation is 3. The van der Waals surface area contributed by atoms with Crippen molar-refractivity contribution in [3.05, 3.63) is 81.2 Å². The maximum Gasteiger partial charge on any atom is 0.341 e. The van der Waals surface area contributed by atoms with Gasteiger partial charge in [0, 0.05) is 15.8 Å². The highest BCUT2D eigenvalue weighted by atomic mass is 32.1. The van der Waals surface area contributed by atoms with E-state index in [1.807, 2.05) is 37.3 Å². The Hall–Kier alpha value is -3.51. The second-order valence-electron chi connectivity index (χ2n) is 9.75. The normalized spacial score (nSPS) is 13.2. The number of rotatable bonds is 6. The number of ether oxygens (including phenoxy) is 1. The summed E-state index contributed by atoms with van der Waals surface area (Å²) in [4.78, 5) is 33.0. The lowest BCUT2D eigenvalue weighted by molar-refractivity contribution is 0.0505. The molecule has 4 aromatic rings. The van der Waals surface area contributed by atoms with Crippen LogP contribution in [0.2, 0.25) is 0 Å². The summed E-state index contributed by atoms with van der Waals surface area (Å²) in [7, 11) is 0. The molecule has 0 bridgehead atoms. The van der Waals surface area contributed by atoms with Crippen LogP contribution in [-0.2, 0) is 17.6 Å². The molecule has 0 fully saturated rings. The van der Waals surface area contributed by atoms with Gasteiger partial charge in [0.25, 0.3) is 5.91 Å². The Labute approximate surface area is 221 Å². The highest BCUT2D eigenvalue weighted by molar-refractivity contribution is 7.17. The third-order valence-electron chi connectivity index (χ3n) is 6.91. The first kappa shape index (κ1) is 25.2. The quantitative estimate of drug-likeness (QED) is 0.213. The van der Waals surface area contributed by atoms with Crippen LogP contribution >= 0.6 is 11.3 Å².